The standard InChI is InChI=1S/C22H33ClN4O3Si2/c1-22(2,21(29-31-3)30-32-4)14-5-7-15(8-6-14)27-12-13(10-26-27)17-11-25-20(24)19-16(17)9-18(23)28-19/h9-12,14-15,21H,5-8,31-32H2,1-4H3,(H2,24,25). The highest BCUT2D eigenvalue weighted by molar-refractivity contribution is 6.30. The van der Waals surface area contributed by atoms with Crippen molar-refractivity contribution in [2.75, 3.05) is 5.73 Å². The van der Waals surface area contributed by atoms with Crippen LogP contribution in [0.15, 0.2) is 29.1 Å². The summed E-state index contributed by atoms with van der Waals surface area (Å²) >= 11 is 6.07. The van der Waals surface area contributed by atoms with Crippen molar-refractivity contribution in [2.24, 2.45) is 11.3 Å². The van der Waals surface area contributed by atoms with Gasteiger partial charge in [-0.1, -0.05) is 26.9 Å². The molecule has 4 rings (SSSR count). The summed E-state index contributed by atoms with van der Waals surface area (Å²) in [4.78, 5) is 4.27. The molecular formula is C22H33ClN4O3Si2. The van der Waals surface area contributed by atoms with E-state index < -0.39 is 19.5 Å². The van der Waals surface area contributed by atoms with E-state index in [0.717, 1.165) is 42.2 Å². The molecule has 3 aromatic heterocycles. The molecule has 7 nitrogen and oxygen atoms in total. The number of anilines is 1. The Morgan fingerprint density at radius 1 is 1.19 bits per heavy atom. The Morgan fingerprint density at radius 3 is 2.53 bits per heavy atom. The van der Waals surface area contributed by atoms with Gasteiger partial charge in [0.2, 0.25) is 0 Å². The van der Waals surface area contributed by atoms with Gasteiger partial charge in [0.15, 0.2) is 36.1 Å². The normalized spacial score (nSPS) is 21.4. The third kappa shape index (κ3) is 4.54. The summed E-state index contributed by atoms with van der Waals surface area (Å²) in [5.41, 5.74) is 8.42. The number of aromatic nitrogens is 3. The van der Waals surface area contributed by atoms with Crippen molar-refractivity contribution in [3.05, 3.63) is 29.9 Å². The molecule has 2 N–H and O–H groups in total. The van der Waals surface area contributed by atoms with Crippen LogP contribution in [-0.2, 0) is 8.85 Å². The van der Waals surface area contributed by atoms with Crippen LogP contribution >= 0.6 is 11.6 Å². The Bertz CT molecular complexity index is 1060. The highest BCUT2D eigenvalue weighted by Gasteiger charge is 2.40. The van der Waals surface area contributed by atoms with E-state index in [1.165, 1.54) is 0 Å². The number of nitrogens with zero attached hydrogens (tertiary/aromatic N) is 3. The van der Waals surface area contributed by atoms with Gasteiger partial charge >= 0.3 is 0 Å². The first kappa shape index (κ1) is 23.5. The molecule has 3 heterocycles. The highest BCUT2D eigenvalue weighted by atomic mass is 35.5. The maximum atomic E-state index is 6.11. The van der Waals surface area contributed by atoms with Crippen molar-refractivity contribution < 1.29 is 13.3 Å². The van der Waals surface area contributed by atoms with Gasteiger partial charge in [-0.3, -0.25) is 4.68 Å². The topological polar surface area (TPSA) is 88.3 Å². The maximum Gasteiger partial charge on any atom is 0.194 e. The van der Waals surface area contributed by atoms with Gasteiger partial charge in [0, 0.05) is 40.4 Å². The minimum Gasteiger partial charge on any atom is -0.441 e. The summed E-state index contributed by atoms with van der Waals surface area (Å²) in [6.45, 7) is 8.99. The molecule has 0 amide bonds. The van der Waals surface area contributed by atoms with Crippen LogP contribution in [0.5, 0.6) is 0 Å². The smallest absolute Gasteiger partial charge is 0.194 e. The molecular weight excluding hydrogens is 460 g/mol. The van der Waals surface area contributed by atoms with Crippen LogP contribution < -0.4 is 5.73 Å². The van der Waals surface area contributed by atoms with Crippen molar-refractivity contribution in [1.29, 1.82) is 0 Å². The van der Waals surface area contributed by atoms with Crippen molar-refractivity contribution in [3.63, 3.8) is 0 Å². The fourth-order valence-electron chi connectivity index (χ4n) is 4.98. The van der Waals surface area contributed by atoms with E-state index in [-0.39, 0.29) is 11.7 Å². The second-order valence-electron chi connectivity index (χ2n) is 9.13. The van der Waals surface area contributed by atoms with E-state index in [0.29, 0.717) is 28.6 Å². The van der Waals surface area contributed by atoms with Crippen LogP contribution in [0.3, 0.4) is 0 Å². The van der Waals surface area contributed by atoms with Gasteiger partial charge in [0.25, 0.3) is 0 Å². The minimum absolute atomic E-state index is 0.0358. The highest BCUT2D eigenvalue weighted by Crippen LogP contribution is 2.45. The van der Waals surface area contributed by atoms with Crippen molar-refractivity contribution in [3.8, 4) is 11.1 Å². The van der Waals surface area contributed by atoms with E-state index in [4.69, 9.17) is 30.6 Å². The Morgan fingerprint density at radius 2 is 1.88 bits per heavy atom. The monoisotopic (exact) mass is 492 g/mol. The number of halogens is 1. The third-order valence-corrected chi connectivity index (χ3v) is 8.30. The zero-order valence-electron chi connectivity index (χ0n) is 19.3. The van der Waals surface area contributed by atoms with Crippen LogP contribution in [0.2, 0.25) is 18.3 Å². The van der Waals surface area contributed by atoms with Crippen LogP contribution in [0, 0.1) is 11.3 Å². The minimum atomic E-state index is -0.505. The average Bonchev–Trinajstić information content (AvgIpc) is 3.41. The number of nitrogens with two attached hydrogens (primary N) is 1. The van der Waals surface area contributed by atoms with Crippen LogP contribution in [0.4, 0.5) is 5.82 Å². The van der Waals surface area contributed by atoms with E-state index in [1.807, 2.05) is 6.20 Å². The first-order valence-electron chi connectivity index (χ1n) is 11.5. The molecule has 0 spiro atoms. The number of nitrogen functional groups attached to an aromatic ring is 1. The molecule has 1 aliphatic rings. The number of rotatable bonds is 8. The lowest BCUT2D eigenvalue weighted by Gasteiger charge is -2.43. The number of fused-ring (bicyclic) bond motifs is 1. The fourth-order valence-corrected chi connectivity index (χ4v) is 7.01. The molecule has 3 aromatic rings. The molecule has 10 heteroatoms. The SMILES string of the molecule is C[SiH2]OC(O[SiH2]C)C(C)(C)C1CCC(n2cc(-c3cnc(N)c4oc(Cl)cc34)cn2)CC1. The molecule has 0 bridgehead atoms. The van der Waals surface area contributed by atoms with Gasteiger partial charge < -0.3 is 19.0 Å². The van der Waals surface area contributed by atoms with E-state index in [1.54, 1.807) is 12.3 Å². The third-order valence-electron chi connectivity index (χ3n) is 6.84. The van der Waals surface area contributed by atoms with E-state index in [9.17, 15) is 0 Å². The van der Waals surface area contributed by atoms with Crippen LogP contribution in [0.1, 0.15) is 45.6 Å². The molecule has 0 unspecified atom stereocenters. The van der Waals surface area contributed by atoms with Gasteiger partial charge in [-0.25, -0.2) is 4.98 Å². The van der Waals surface area contributed by atoms with Gasteiger partial charge in [-0.05, 0) is 43.2 Å². The molecule has 0 saturated heterocycles. The summed E-state index contributed by atoms with van der Waals surface area (Å²) < 4.78 is 19.8. The van der Waals surface area contributed by atoms with E-state index in [2.05, 4.69) is 47.9 Å². The largest absolute Gasteiger partial charge is 0.441 e. The van der Waals surface area contributed by atoms with Crippen molar-refractivity contribution in [2.45, 2.75) is 65.0 Å². The maximum absolute atomic E-state index is 6.11. The molecule has 1 fully saturated rings. The van der Waals surface area contributed by atoms with Gasteiger partial charge in [-0.2, -0.15) is 5.10 Å². The van der Waals surface area contributed by atoms with Gasteiger partial charge in [0.1, 0.15) is 6.29 Å². The van der Waals surface area contributed by atoms with Crippen LogP contribution in [0.25, 0.3) is 22.1 Å². The number of furan rings is 1. The Labute approximate surface area is 198 Å². The zero-order valence-corrected chi connectivity index (χ0v) is 22.9. The Hall–Kier alpha value is -1.66. The predicted molar refractivity (Wildman–Crippen MR) is 134 cm³/mol. The lowest BCUT2D eigenvalue weighted by molar-refractivity contribution is -0.112. The van der Waals surface area contributed by atoms with Crippen molar-refractivity contribution >= 4 is 47.9 Å². The molecule has 0 atom stereocenters. The lowest BCUT2D eigenvalue weighted by Crippen LogP contribution is -2.43. The average molecular weight is 493 g/mol. The summed E-state index contributed by atoms with van der Waals surface area (Å²) in [5.74, 6) is 0.931. The Kier molecular flexibility index (Phi) is 7.11. The second kappa shape index (κ2) is 9.68. The molecule has 32 heavy (non-hydrogen) atoms. The first-order chi connectivity index (χ1) is 15.3. The lowest BCUT2D eigenvalue weighted by atomic mass is 9.69. The summed E-state index contributed by atoms with van der Waals surface area (Å²) in [6.07, 6.45) is 10.2. The molecule has 1 saturated carbocycles. The molecule has 174 valence electrons. The second-order valence-corrected chi connectivity index (χ2v) is 11.3. The van der Waals surface area contributed by atoms with Gasteiger partial charge in [0.05, 0.1) is 12.2 Å². The number of hydrogen-bond acceptors (Lipinski definition) is 6. The number of hydrogen-bond donors (Lipinski definition) is 1. The summed E-state index contributed by atoms with van der Waals surface area (Å²) in [6, 6.07) is 2.18. The number of pyridine rings is 1. The van der Waals surface area contributed by atoms with Gasteiger partial charge in [-0.15, -0.1) is 0 Å². The van der Waals surface area contributed by atoms with Crippen LogP contribution in [-0.4, -0.2) is 40.6 Å². The summed E-state index contributed by atoms with van der Waals surface area (Å²) in [5, 5.41) is 5.85. The summed E-state index contributed by atoms with van der Waals surface area (Å²) in [7, 11) is -1.01. The first-order valence-corrected chi connectivity index (χ1v) is 15.8. The molecule has 1 aliphatic carbocycles. The van der Waals surface area contributed by atoms with Crippen molar-refractivity contribution in [1.82, 2.24) is 14.8 Å². The molecule has 0 aromatic carbocycles. The Balaban J connectivity index is 1.48. The molecule has 0 aliphatic heterocycles. The quantitative estimate of drug-likeness (QED) is 0.372. The fraction of sp³-hybridized carbons (Fsp3) is 0.545. The predicted octanol–water partition coefficient (Wildman–Crippen LogP) is 4.31. The molecule has 0 radical (unpaired) electrons. The van der Waals surface area contributed by atoms with E-state index >= 15 is 0 Å². The zero-order chi connectivity index (χ0) is 22.9.